The molecule has 0 unspecified atom stereocenters. The Hall–Kier alpha value is -1.31. The lowest BCUT2D eigenvalue weighted by Gasteiger charge is -2.25. The summed E-state index contributed by atoms with van der Waals surface area (Å²) >= 11 is 1.74. The minimum absolute atomic E-state index is 0.344. The maximum atomic E-state index is 11.9. The van der Waals surface area contributed by atoms with Gasteiger partial charge in [0.25, 0.3) is 0 Å². The van der Waals surface area contributed by atoms with Gasteiger partial charge >= 0.3 is 6.09 Å². The molecule has 1 fully saturated rings. The van der Waals surface area contributed by atoms with E-state index < -0.39 is 0 Å². The fraction of sp³-hybridized carbons (Fsp3) is 0.750. The molecule has 1 aromatic heterocycles. The zero-order chi connectivity index (χ0) is 18.9. The molecule has 1 amide bonds. The monoisotopic (exact) mass is 395 g/mol. The van der Waals surface area contributed by atoms with Gasteiger partial charge < -0.3 is 19.8 Å². The Kier molecular flexibility index (Phi) is 8.23. The van der Waals surface area contributed by atoms with Crippen molar-refractivity contribution in [3.05, 3.63) is 16.5 Å². The van der Waals surface area contributed by atoms with Gasteiger partial charge in [-0.2, -0.15) is 0 Å². The van der Waals surface area contributed by atoms with Crippen LogP contribution in [0.1, 0.15) is 55.9 Å². The van der Waals surface area contributed by atoms with Gasteiger partial charge in [0.1, 0.15) is 0 Å². The quantitative estimate of drug-likeness (QED) is 0.611. The lowest BCUT2D eigenvalue weighted by molar-refractivity contribution is -0.110. The average Bonchev–Trinajstić information content (AvgIpc) is 3.31. The van der Waals surface area contributed by atoms with Crippen LogP contribution in [0.15, 0.2) is 6.07 Å². The third kappa shape index (κ3) is 6.66. The summed E-state index contributed by atoms with van der Waals surface area (Å²) in [7, 11) is 0. The van der Waals surface area contributed by atoms with Gasteiger partial charge in [-0.05, 0) is 56.8 Å². The number of carbonyl (C=O) groups is 1. The van der Waals surface area contributed by atoms with Crippen molar-refractivity contribution in [2.24, 2.45) is 0 Å². The number of nitrogens with zero attached hydrogens (tertiary/aromatic N) is 2. The molecule has 0 bridgehead atoms. The molecule has 0 radical (unpaired) electrons. The number of carbonyl (C=O) groups excluding carboxylic acids is 1. The van der Waals surface area contributed by atoms with E-state index in [1.54, 1.807) is 16.4 Å². The Morgan fingerprint density at radius 3 is 2.89 bits per heavy atom. The van der Waals surface area contributed by atoms with Crippen LogP contribution in [0.3, 0.4) is 0 Å². The van der Waals surface area contributed by atoms with Gasteiger partial charge in [0, 0.05) is 24.5 Å². The molecule has 2 aliphatic heterocycles. The predicted molar refractivity (Wildman–Crippen MR) is 108 cm³/mol. The van der Waals surface area contributed by atoms with E-state index in [-0.39, 0.29) is 6.09 Å². The number of ether oxygens (including phenoxy) is 1. The molecule has 0 atom stereocenters. The molecule has 3 rings (SSSR count). The smallest absolute Gasteiger partial charge is 0.426 e. The van der Waals surface area contributed by atoms with Crippen molar-refractivity contribution < 1.29 is 14.4 Å². The van der Waals surface area contributed by atoms with Gasteiger partial charge in [0.2, 0.25) is 0 Å². The number of hydrogen-bond acceptors (Lipinski definition) is 6. The first-order valence-electron chi connectivity index (χ1n) is 10.4. The maximum absolute atomic E-state index is 11.9. The van der Waals surface area contributed by atoms with Crippen molar-refractivity contribution in [1.82, 2.24) is 15.3 Å². The molecule has 0 spiro atoms. The molecule has 1 aromatic rings. The Bertz CT molecular complexity index is 587. The Morgan fingerprint density at radius 2 is 2.07 bits per heavy atom. The van der Waals surface area contributed by atoms with Crippen LogP contribution in [0.2, 0.25) is 0 Å². The molecule has 152 valence electrons. The highest BCUT2D eigenvalue weighted by atomic mass is 32.1. The summed E-state index contributed by atoms with van der Waals surface area (Å²) in [6.07, 6.45) is 7.59. The second-order valence-corrected chi connectivity index (χ2v) is 8.49. The molecule has 27 heavy (non-hydrogen) atoms. The van der Waals surface area contributed by atoms with E-state index in [0.717, 1.165) is 56.9 Å². The van der Waals surface area contributed by atoms with Gasteiger partial charge in [0.15, 0.2) is 5.06 Å². The first kappa shape index (κ1) is 20.4. The minimum atomic E-state index is -0.344. The first-order valence-corrected chi connectivity index (χ1v) is 11.2. The number of thiophene rings is 1. The first-order chi connectivity index (χ1) is 13.2. The summed E-state index contributed by atoms with van der Waals surface area (Å²) in [4.78, 5) is 21.2. The lowest BCUT2D eigenvalue weighted by atomic mass is 10.1. The average molecular weight is 396 g/mol. The summed E-state index contributed by atoms with van der Waals surface area (Å²) in [5.74, 6) is 0. The minimum Gasteiger partial charge on any atom is -0.484 e. The van der Waals surface area contributed by atoms with E-state index in [4.69, 9.17) is 9.57 Å². The zero-order valence-electron chi connectivity index (χ0n) is 16.5. The topological polar surface area (TPSA) is 54.0 Å². The third-order valence-electron chi connectivity index (χ3n) is 5.13. The van der Waals surface area contributed by atoms with Crippen molar-refractivity contribution in [2.75, 3.05) is 39.3 Å². The van der Waals surface area contributed by atoms with Crippen molar-refractivity contribution in [3.63, 3.8) is 0 Å². The molecule has 1 N–H and O–H groups in total. The van der Waals surface area contributed by atoms with Crippen LogP contribution in [0.4, 0.5) is 4.79 Å². The number of rotatable bonds is 10. The third-order valence-corrected chi connectivity index (χ3v) is 6.28. The molecule has 2 aliphatic rings. The molecule has 0 aliphatic carbocycles. The molecular weight excluding hydrogens is 362 g/mol. The fourth-order valence-corrected chi connectivity index (χ4v) is 4.65. The van der Waals surface area contributed by atoms with Gasteiger partial charge in [-0.15, -0.1) is 16.4 Å². The van der Waals surface area contributed by atoms with E-state index >= 15 is 0 Å². The molecule has 6 nitrogen and oxygen atoms in total. The normalized spacial score (nSPS) is 17.7. The number of unbranched alkanes of at least 4 members (excludes halogenated alkanes) is 2. The summed E-state index contributed by atoms with van der Waals surface area (Å²) < 4.78 is 5.96. The summed E-state index contributed by atoms with van der Waals surface area (Å²) in [6, 6.07) is 2.12. The number of hydrogen-bond donors (Lipinski definition) is 1. The predicted octanol–water partition coefficient (Wildman–Crippen LogP) is 3.80. The Balaban J connectivity index is 1.36. The number of nitrogens with one attached hydrogen (secondary N) is 1. The molecular formula is C20H33N3O3S. The van der Waals surface area contributed by atoms with Crippen LogP contribution in [0.5, 0.6) is 5.06 Å². The molecule has 0 aromatic carbocycles. The van der Waals surface area contributed by atoms with E-state index in [0.29, 0.717) is 13.1 Å². The SMILES string of the molecule is CCCCCNC(=O)ON1CCc2sc(OCCCN3CCCC3)cc2C1. The van der Waals surface area contributed by atoms with Crippen molar-refractivity contribution >= 4 is 17.4 Å². The van der Waals surface area contributed by atoms with Gasteiger partial charge in [-0.1, -0.05) is 19.8 Å². The molecule has 7 heteroatoms. The second-order valence-electron chi connectivity index (χ2n) is 7.39. The Morgan fingerprint density at radius 1 is 1.22 bits per heavy atom. The van der Waals surface area contributed by atoms with Gasteiger partial charge in [-0.3, -0.25) is 0 Å². The van der Waals surface area contributed by atoms with Crippen LogP contribution in [0, 0.1) is 0 Å². The van der Waals surface area contributed by atoms with Gasteiger partial charge in [0.05, 0.1) is 13.2 Å². The summed E-state index contributed by atoms with van der Waals surface area (Å²) in [5, 5.41) is 5.57. The van der Waals surface area contributed by atoms with E-state index in [1.807, 2.05) is 0 Å². The fourth-order valence-electron chi connectivity index (χ4n) is 3.61. The van der Waals surface area contributed by atoms with E-state index in [9.17, 15) is 4.79 Å². The number of hydroxylamine groups is 2. The van der Waals surface area contributed by atoms with Crippen LogP contribution in [0.25, 0.3) is 0 Å². The highest BCUT2D eigenvalue weighted by Gasteiger charge is 2.22. The second kappa shape index (κ2) is 10.9. The Labute approximate surface area is 166 Å². The van der Waals surface area contributed by atoms with Crippen LogP contribution >= 0.6 is 11.3 Å². The highest BCUT2D eigenvalue weighted by Crippen LogP contribution is 2.33. The number of amides is 1. The van der Waals surface area contributed by atoms with Crippen LogP contribution < -0.4 is 10.1 Å². The van der Waals surface area contributed by atoms with Crippen molar-refractivity contribution in [1.29, 1.82) is 0 Å². The molecule has 3 heterocycles. The van der Waals surface area contributed by atoms with Crippen LogP contribution in [-0.4, -0.2) is 55.4 Å². The number of likely N-dealkylation sites (tertiary alicyclic amines) is 1. The summed E-state index contributed by atoms with van der Waals surface area (Å²) in [5.41, 5.74) is 1.22. The van der Waals surface area contributed by atoms with Gasteiger partial charge in [-0.25, -0.2) is 4.79 Å². The van der Waals surface area contributed by atoms with Crippen molar-refractivity contribution in [3.8, 4) is 5.06 Å². The summed E-state index contributed by atoms with van der Waals surface area (Å²) in [6.45, 7) is 8.62. The maximum Gasteiger partial charge on any atom is 0.426 e. The molecule has 0 saturated carbocycles. The van der Waals surface area contributed by atoms with E-state index in [2.05, 4.69) is 23.2 Å². The largest absolute Gasteiger partial charge is 0.484 e. The highest BCUT2D eigenvalue weighted by molar-refractivity contribution is 7.14. The standard InChI is InChI=1S/C20H33N3O3S/c1-2-3-4-9-21-20(24)26-23-13-8-18-17(16-23)15-19(27-18)25-14-7-12-22-10-5-6-11-22/h15H,2-14,16H2,1H3,(H,21,24). The van der Waals surface area contributed by atoms with E-state index in [1.165, 1.54) is 36.4 Å². The molecule has 1 saturated heterocycles. The lowest BCUT2D eigenvalue weighted by Crippen LogP contribution is -2.37. The zero-order valence-corrected chi connectivity index (χ0v) is 17.3. The number of fused-ring (bicyclic) bond motifs is 1. The van der Waals surface area contributed by atoms with Crippen LogP contribution in [-0.2, 0) is 17.8 Å². The van der Waals surface area contributed by atoms with Crippen molar-refractivity contribution in [2.45, 2.75) is 58.4 Å².